The van der Waals surface area contributed by atoms with Gasteiger partial charge in [-0.3, -0.25) is 14.6 Å². The zero-order chi connectivity index (χ0) is 18.8. The van der Waals surface area contributed by atoms with Crippen LogP contribution in [0.4, 0.5) is 0 Å². The molecule has 26 heavy (non-hydrogen) atoms. The zero-order valence-electron chi connectivity index (χ0n) is 15.2. The van der Waals surface area contributed by atoms with Crippen molar-refractivity contribution in [3.63, 3.8) is 0 Å². The van der Waals surface area contributed by atoms with E-state index in [0.29, 0.717) is 18.5 Å². The first-order chi connectivity index (χ1) is 12.6. The third-order valence-corrected chi connectivity index (χ3v) is 3.96. The van der Waals surface area contributed by atoms with Crippen molar-refractivity contribution < 1.29 is 9.59 Å². The van der Waals surface area contributed by atoms with E-state index >= 15 is 0 Å². The SMILES string of the molecule is CCN[C@H](C)CNC(=O)C(Cc1ccccc1)NC(=O)c1cccnc1. The maximum atomic E-state index is 12.7. The molecule has 0 spiro atoms. The molecule has 2 aromatic rings. The molecule has 138 valence electrons. The van der Waals surface area contributed by atoms with Crippen LogP contribution in [0.3, 0.4) is 0 Å². The summed E-state index contributed by atoms with van der Waals surface area (Å²) in [5.41, 5.74) is 1.42. The number of amides is 2. The minimum Gasteiger partial charge on any atom is -0.353 e. The molecule has 6 nitrogen and oxygen atoms in total. The van der Waals surface area contributed by atoms with Crippen LogP contribution in [0.5, 0.6) is 0 Å². The summed E-state index contributed by atoms with van der Waals surface area (Å²) in [6.07, 6.45) is 3.52. The van der Waals surface area contributed by atoms with Crippen molar-refractivity contribution in [3.8, 4) is 0 Å². The Morgan fingerprint density at radius 1 is 1.12 bits per heavy atom. The van der Waals surface area contributed by atoms with E-state index in [9.17, 15) is 9.59 Å². The molecule has 1 heterocycles. The Morgan fingerprint density at radius 3 is 2.54 bits per heavy atom. The molecule has 2 rings (SSSR count). The Bertz CT molecular complexity index is 691. The molecule has 1 aromatic heterocycles. The van der Waals surface area contributed by atoms with E-state index in [1.165, 1.54) is 6.20 Å². The van der Waals surface area contributed by atoms with Gasteiger partial charge in [0.25, 0.3) is 5.91 Å². The number of nitrogens with one attached hydrogen (secondary N) is 3. The Balaban J connectivity index is 2.05. The summed E-state index contributed by atoms with van der Waals surface area (Å²) in [7, 11) is 0. The number of hydrogen-bond donors (Lipinski definition) is 3. The van der Waals surface area contributed by atoms with Gasteiger partial charge in [-0.2, -0.15) is 0 Å². The van der Waals surface area contributed by atoms with Crippen molar-refractivity contribution in [1.82, 2.24) is 20.9 Å². The van der Waals surface area contributed by atoms with Crippen LogP contribution < -0.4 is 16.0 Å². The Kier molecular flexibility index (Phi) is 7.76. The molecular formula is C20H26N4O2. The van der Waals surface area contributed by atoms with Crippen molar-refractivity contribution in [2.45, 2.75) is 32.4 Å². The van der Waals surface area contributed by atoms with Gasteiger partial charge in [0.1, 0.15) is 6.04 Å². The molecule has 0 saturated heterocycles. The second-order valence-electron chi connectivity index (χ2n) is 6.16. The lowest BCUT2D eigenvalue weighted by atomic mass is 10.0. The average Bonchev–Trinajstić information content (AvgIpc) is 2.67. The van der Waals surface area contributed by atoms with Crippen LogP contribution in [-0.2, 0) is 11.2 Å². The second kappa shape index (κ2) is 10.3. The second-order valence-corrected chi connectivity index (χ2v) is 6.16. The quantitative estimate of drug-likeness (QED) is 0.638. The summed E-state index contributed by atoms with van der Waals surface area (Å²) in [6.45, 7) is 5.36. The van der Waals surface area contributed by atoms with E-state index < -0.39 is 6.04 Å². The monoisotopic (exact) mass is 354 g/mol. The fraction of sp³-hybridized carbons (Fsp3) is 0.350. The van der Waals surface area contributed by atoms with Crippen molar-refractivity contribution in [2.75, 3.05) is 13.1 Å². The molecule has 0 aliphatic heterocycles. The minimum absolute atomic E-state index is 0.162. The van der Waals surface area contributed by atoms with Crippen LogP contribution in [0.15, 0.2) is 54.9 Å². The van der Waals surface area contributed by atoms with E-state index in [2.05, 4.69) is 20.9 Å². The number of carbonyl (C=O) groups is 2. The van der Waals surface area contributed by atoms with E-state index in [-0.39, 0.29) is 17.9 Å². The maximum Gasteiger partial charge on any atom is 0.253 e. The molecule has 0 aliphatic rings. The van der Waals surface area contributed by atoms with Crippen molar-refractivity contribution >= 4 is 11.8 Å². The highest BCUT2D eigenvalue weighted by Crippen LogP contribution is 2.05. The molecule has 0 bridgehead atoms. The largest absolute Gasteiger partial charge is 0.353 e. The number of aromatic nitrogens is 1. The predicted molar refractivity (Wildman–Crippen MR) is 102 cm³/mol. The highest BCUT2D eigenvalue weighted by atomic mass is 16.2. The first-order valence-electron chi connectivity index (χ1n) is 8.86. The van der Waals surface area contributed by atoms with Crippen LogP contribution >= 0.6 is 0 Å². The van der Waals surface area contributed by atoms with Gasteiger partial charge in [-0.25, -0.2) is 0 Å². The number of hydrogen-bond acceptors (Lipinski definition) is 4. The van der Waals surface area contributed by atoms with E-state index in [1.54, 1.807) is 18.3 Å². The first kappa shape index (κ1) is 19.6. The fourth-order valence-electron chi connectivity index (χ4n) is 2.60. The van der Waals surface area contributed by atoms with Gasteiger partial charge in [-0.1, -0.05) is 37.3 Å². The van der Waals surface area contributed by atoms with Crippen LogP contribution in [0, 0.1) is 0 Å². The summed E-state index contributed by atoms with van der Waals surface area (Å²) in [5.74, 6) is -0.509. The lowest BCUT2D eigenvalue weighted by Gasteiger charge is -2.20. The lowest BCUT2D eigenvalue weighted by molar-refractivity contribution is -0.123. The maximum absolute atomic E-state index is 12.7. The van der Waals surface area contributed by atoms with Gasteiger partial charge in [-0.05, 0) is 31.2 Å². The fourth-order valence-corrected chi connectivity index (χ4v) is 2.60. The molecule has 0 radical (unpaired) electrons. The van der Waals surface area contributed by atoms with Gasteiger partial charge in [0.15, 0.2) is 0 Å². The number of benzene rings is 1. The van der Waals surface area contributed by atoms with Gasteiger partial charge in [-0.15, -0.1) is 0 Å². The molecule has 0 saturated carbocycles. The molecule has 6 heteroatoms. The van der Waals surface area contributed by atoms with Crippen molar-refractivity contribution in [2.24, 2.45) is 0 Å². The van der Waals surface area contributed by atoms with Crippen molar-refractivity contribution in [1.29, 1.82) is 0 Å². The standard InChI is InChI=1S/C20H26N4O2/c1-3-22-15(2)13-23-20(26)18(12-16-8-5-4-6-9-16)24-19(25)17-10-7-11-21-14-17/h4-11,14-15,18,22H,3,12-13H2,1-2H3,(H,23,26)(H,24,25)/t15-,18?/m1/s1. The summed E-state index contributed by atoms with van der Waals surface area (Å²) >= 11 is 0. The highest BCUT2D eigenvalue weighted by Gasteiger charge is 2.22. The summed E-state index contributed by atoms with van der Waals surface area (Å²) in [6, 6.07) is 12.5. The average molecular weight is 354 g/mol. The smallest absolute Gasteiger partial charge is 0.253 e. The normalized spacial score (nSPS) is 12.8. The van der Waals surface area contributed by atoms with Gasteiger partial charge in [0.05, 0.1) is 5.56 Å². The molecule has 2 amide bonds. The summed E-state index contributed by atoms with van der Waals surface area (Å²) < 4.78 is 0. The number of nitrogens with zero attached hydrogens (tertiary/aromatic N) is 1. The topological polar surface area (TPSA) is 83.1 Å². The van der Waals surface area contributed by atoms with Gasteiger partial charge >= 0.3 is 0 Å². The molecule has 2 atom stereocenters. The number of carbonyl (C=O) groups excluding carboxylic acids is 2. The van der Waals surface area contributed by atoms with E-state index in [4.69, 9.17) is 0 Å². The molecule has 3 N–H and O–H groups in total. The van der Waals surface area contributed by atoms with Gasteiger partial charge in [0.2, 0.25) is 5.91 Å². The number of likely N-dealkylation sites (N-methyl/N-ethyl adjacent to an activating group) is 1. The van der Waals surface area contributed by atoms with Crippen LogP contribution in [0.25, 0.3) is 0 Å². The number of rotatable bonds is 9. The van der Waals surface area contributed by atoms with Crippen LogP contribution in [0.1, 0.15) is 29.8 Å². The Morgan fingerprint density at radius 2 is 1.88 bits per heavy atom. The summed E-state index contributed by atoms with van der Waals surface area (Å²) in [5, 5.41) is 8.98. The van der Waals surface area contributed by atoms with Crippen LogP contribution in [-0.4, -0.2) is 42.0 Å². The van der Waals surface area contributed by atoms with Crippen molar-refractivity contribution in [3.05, 3.63) is 66.0 Å². The van der Waals surface area contributed by atoms with Gasteiger partial charge in [0, 0.05) is 31.4 Å². The molecule has 1 aromatic carbocycles. The summed E-state index contributed by atoms with van der Waals surface area (Å²) in [4.78, 5) is 29.1. The van der Waals surface area contributed by atoms with Crippen LogP contribution in [0.2, 0.25) is 0 Å². The van der Waals surface area contributed by atoms with Gasteiger partial charge < -0.3 is 16.0 Å². The molecule has 0 aliphatic carbocycles. The Hall–Kier alpha value is -2.73. The van der Waals surface area contributed by atoms with E-state index in [1.807, 2.05) is 44.2 Å². The Labute approximate surface area is 154 Å². The molecule has 1 unspecified atom stereocenters. The molecular weight excluding hydrogens is 328 g/mol. The highest BCUT2D eigenvalue weighted by molar-refractivity contribution is 5.97. The lowest BCUT2D eigenvalue weighted by Crippen LogP contribution is -2.50. The molecule has 0 fully saturated rings. The third kappa shape index (κ3) is 6.29. The zero-order valence-corrected chi connectivity index (χ0v) is 15.2. The first-order valence-corrected chi connectivity index (χ1v) is 8.86. The van der Waals surface area contributed by atoms with E-state index in [0.717, 1.165) is 12.1 Å². The predicted octanol–water partition coefficient (Wildman–Crippen LogP) is 1.54. The third-order valence-electron chi connectivity index (χ3n) is 3.96. The minimum atomic E-state index is -0.654. The number of pyridine rings is 1.